The van der Waals surface area contributed by atoms with E-state index < -0.39 is 41.2 Å². The number of aliphatic hydroxyl groups is 3. The van der Waals surface area contributed by atoms with Gasteiger partial charge in [-0.05, 0) is 6.07 Å². The zero-order chi connectivity index (χ0) is 14.9. The molecule has 8 nitrogen and oxygen atoms in total. The summed E-state index contributed by atoms with van der Waals surface area (Å²) in [6.07, 6.45) is -0.751. The molecule has 2 heterocycles. The van der Waals surface area contributed by atoms with Gasteiger partial charge in [0.15, 0.2) is 6.23 Å². The van der Waals surface area contributed by atoms with Gasteiger partial charge in [-0.2, -0.15) is 4.98 Å². The fourth-order valence-electron chi connectivity index (χ4n) is 3.44. The maximum atomic E-state index is 11.9. The number of anilines is 1. The van der Waals surface area contributed by atoms with Crippen molar-refractivity contribution in [3.63, 3.8) is 0 Å². The summed E-state index contributed by atoms with van der Waals surface area (Å²) in [6.45, 7) is 2.85. The van der Waals surface area contributed by atoms with E-state index in [0.717, 1.165) is 4.57 Å². The van der Waals surface area contributed by atoms with Crippen LogP contribution >= 0.6 is 0 Å². The third-order valence-corrected chi connectivity index (χ3v) is 4.81. The largest absolute Gasteiger partial charge is 0.394 e. The van der Waals surface area contributed by atoms with E-state index in [0.29, 0.717) is 0 Å². The fourth-order valence-corrected chi connectivity index (χ4v) is 3.44. The maximum Gasteiger partial charge on any atom is 0.351 e. The van der Waals surface area contributed by atoms with Gasteiger partial charge in [0, 0.05) is 11.6 Å². The molecule has 0 amide bonds. The number of fused-ring (bicyclic) bond motifs is 1. The van der Waals surface area contributed by atoms with E-state index in [2.05, 4.69) is 4.98 Å². The summed E-state index contributed by atoms with van der Waals surface area (Å²) in [7, 11) is 0. The highest BCUT2D eigenvalue weighted by molar-refractivity contribution is 5.39. The molecule has 3 rings (SSSR count). The van der Waals surface area contributed by atoms with Crippen molar-refractivity contribution in [1.29, 1.82) is 0 Å². The second-order valence-electron chi connectivity index (χ2n) is 5.86. The number of aromatic nitrogens is 2. The molecule has 0 unspecified atom stereocenters. The van der Waals surface area contributed by atoms with Gasteiger partial charge in [0.05, 0.1) is 6.61 Å². The molecule has 20 heavy (non-hydrogen) atoms. The normalized spacial score (nSPS) is 41.5. The Kier molecular flexibility index (Phi) is 2.42. The molecular weight excluding hydrogens is 266 g/mol. The van der Waals surface area contributed by atoms with Crippen LogP contribution in [-0.4, -0.2) is 48.8 Å². The van der Waals surface area contributed by atoms with Crippen molar-refractivity contribution in [3.05, 3.63) is 22.7 Å². The number of hydrogen-bond acceptors (Lipinski definition) is 7. The van der Waals surface area contributed by atoms with Gasteiger partial charge >= 0.3 is 5.69 Å². The molecule has 2 fully saturated rings. The predicted molar refractivity (Wildman–Crippen MR) is 67.6 cm³/mol. The van der Waals surface area contributed by atoms with Gasteiger partial charge in [-0.1, -0.05) is 13.8 Å². The molecule has 1 saturated heterocycles. The lowest BCUT2D eigenvalue weighted by Gasteiger charge is -2.27. The standard InChI is InChI=1S/C12H17N3O5/c1-10(2)11(18)6(5-16)20-8(12(10,11)19)15-4-3-7(13)14-9(15)17/h3-4,6,8,16,18-19H,5H2,1-2H3,(H2,13,14,17)/t6-,8-,11-,12-/m1/s1. The van der Waals surface area contributed by atoms with E-state index in [1.54, 1.807) is 13.8 Å². The summed E-state index contributed by atoms with van der Waals surface area (Å²) in [6, 6.07) is 1.40. The molecular formula is C12H17N3O5. The number of aliphatic hydroxyl groups excluding tert-OH is 1. The Morgan fingerprint density at radius 3 is 2.60 bits per heavy atom. The Bertz CT molecular complexity index is 630. The van der Waals surface area contributed by atoms with Crippen molar-refractivity contribution in [2.45, 2.75) is 37.4 Å². The first kappa shape index (κ1) is 13.5. The van der Waals surface area contributed by atoms with Crippen molar-refractivity contribution in [2.75, 3.05) is 12.3 Å². The number of hydrogen-bond donors (Lipinski definition) is 4. The van der Waals surface area contributed by atoms with Gasteiger partial charge in [0.1, 0.15) is 23.1 Å². The molecule has 1 aromatic rings. The summed E-state index contributed by atoms with van der Waals surface area (Å²) in [5.41, 5.74) is 0.530. The quantitative estimate of drug-likeness (QED) is 0.504. The molecule has 1 aliphatic heterocycles. The highest BCUT2D eigenvalue weighted by atomic mass is 16.6. The van der Waals surface area contributed by atoms with Crippen LogP contribution in [0.15, 0.2) is 17.1 Å². The van der Waals surface area contributed by atoms with Crippen molar-refractivity contribution in [1.82, 2.24) is 9.55 Å². The SMILES string of the molecule is CC1(C)[C@]2(O)[C@@H](CO)O[C@@H](n3ccc(N)nc3=O)[C@@]12O. The van der Waals surface area contributed by atoms with Crippen molar-refractivity contribution >= 4 is 5.82 Å². The Balaban J connectivity index is 2.11. The van der Waals surface area contributed by atoms with Crippen LogP contribution < -0.4 is 11.4 Å². The van der Waals surface area contributed by atoms with Gasteiger partial charge in [0.2, 0.25) is 0 Å². The first-order valence-corrected chi connectivity index (χ1v) is 6.27. The van der Waals surface area contributed by atoms with Crippen LogP contribution in [-0.2, 0) is 4.74 Å². The smallest absolute Gasteiger partial charge is 0.351 e. The highest BCUT2D eigenvalue weighted by Gasteiger charge is 2.92. The highest BCUT2D eigenvalue weighted by Crippen LogP contribution is 2.75. The minimum atomic E-state index is -1.67. The summed E-state index contributed by atoms with van der Waals surface area (Å²) in [5.74, 6) is 0.0558. The molecule has 0 bridgehead atoms. The van der Waals surface area contributed by atoms with Crippen molar-refractivity contribution in [3.8, 4) is 0 Å². The van der Waals surface area contributed by atoms with E-state index in [9.17, 15) is 20.1 Å². The topological polar surface area (TPSA) is 131 Å². The number of nitrogens with two attached hydrogens (primary N) is 1. The lowest BCUT2D eigenvalue weighted by Crippen LogP contribution is -2.38. The number of ether oxygens (including phenoxy) is 1. The first-order chi connectivity index (χ1) is 9.21. The monoisotopic (exact) mass is 283 g/mol. The fraction of sp³-hybridized carbons (Fsp3) is 0.667. The predicted octanol–water partition coefficient (Wildman–Crippen LogP) is -1.78. The second kappa shape index (κ2) is 3.59. The van der Waals surface area contributed by atoms with Crippen molar-refractivity contribution in [2.24, 2.45) is 5.41 Å². The molecule has 8 heteroatoms. The van der Waals surface area contributed by atoms with E-state index in [-0.39, 0.29) is 5.82 Å². The lowest BCUT2D eigenvalue weighted by atomic mass is 10.0. The first-order valence-electron chi connectivity index (χ1n) is 6.27. The van der Waals surface area contributed by atoms with Crippen LogP contribution in [0.3, 0.4) is 0 Å². The van der Waals surface area contributed by atoms with Gasteiger partial charge in [-0.3, -0.25) is 4.57 Å². The molecule has 0 spiro atoms. The number of nitrogens with zero attached hydrogens (tertiary/aromatic N) is 2. The summed E-state index contributed by atoms with van der Waals surface area (Å²) >= 11 is 0. The minimum Gasteiger partial charge on any atom is -0.394 e. The maximum absolute atomic E-state index is 11.9. The molecule has 1 aromatic heterocycles. The third kappa shape index (κ3) is 1.16. The summed E-state index contributed by atoms with van der Waals surface area (Å²) in [5, 5.41) is 30.7. The van der Waals surface area contributed by atoms with Crippen LogP contribution in [0, 0.1) is 5.41 Å². The Labute approximate surface area is 114 Å². The minimum absolute atomic E-state index is 0.0558. The zero-order valence-electron chi connectivity index (χ0n) is 11.1. The average molecular weight is 283 g/mol. The Morgan fingerprint density at radius 2 is 2.10 bits per heavy atom. The van der Waals surface area contributed by atoms with Crippen LogP contribution in [0.2, 0.25) is 0 Å². The van der Waals surface area contributed by atoms with Crippen LogP contribution in [0.4, 0.5) is 5.82 Å². The molecule has 0 aromatic carbocycles. The van der Waals surface area contributed by atoms with Gasteiger partial charge in [0.25, 0.3) is 0 Å². The molecule has 1 aliphatic carbocycles. The third-order valence-electron chi connectivity index (χ3n) is 4.81. The van der Waals surface area contributed by atoms with Crippen LogP contribution in [0.25, 0.3) is 0 Å². The van der Waals surface area contributed by atoms with E-state index in [1.165, 1.54) is 12.3 Å². The number of rotatable bonds is 2. The number of nitrogen functional groups attached to an aromatic ring is 1. The van der Waals surface area contributed by atoms with E-state index in [4.69, 9.17) is 10.5 Å². The molecule has 2 aliphatic rings. The molecule has 110 valence electrons. The molecule has 0 radical (unpaired) electrons. The Hall–Kier alpha value is -1.48. The molecule has 1 saturated carbocycles. The summed E-state index contributed by atoms with van der Waals surface area (Å²) < 4.78 is 6.53. The van der Waals surface area contributed by atoms with Gasteiger partial charge < -0.3 is 25.8 Å². The van der Waals surface area contributed by atoms with Crippen molar-refractivity contribution < 1.29 is 20.1 Å². The molecule has 5 N–H and O–H groups in total. The second-order valence-corrected chi connectivity index (χ2v) is 5.86. The van der Waals surface area contributed by atoms with Gasteiger partial charge in [-0.15, -0.1) is 0 Å². The summed E-state index contributed by atoms with van der Waals surface area (Å²) in [4.78, 5) is 15.5. The van der Waals surface area contributed by atoms with Gasteiger partial charge in [-0.25, -0.2) is 4.79 Å². The molecule has 4 atom stereocenters. The zero-order valence-corrected chi connectivity index (χ0v) is 11.1. The van der Waals surface area contributed by atoms with E-state index in [1.807, 2.05) is 0 Å². The Morgan fingerprint density at radius 1 is 1.45 bits per heavy atom. The van der Waals surface area contributed by atoms with Crippen LogP contribution in [0.1, 0.15) is 20.1 Å². The van der Waals surface area contributed by atoms with E-state index >= 15 is 0 Å². The average Bonchev–Trinajstić information content (AvgIpc) is 2.63. The van der Waals surface area contributed by atoms with Crippen LogP contribution in [0.5, 0.6) is 0 Å². The lowest BCUT2D eigenvalue weighted by molar-refractivity contribution is -0.126.